The molecule has 1 amide bonds. The summed E-state index contributed by atoms with van der Waals surface area (Å²) in [5, 5.41) is 2.82. The first-order valence-corrected chi connectivity index (χ1v) is 7.32. The smallest absolute Gasteiger partial charge is 0.244 e. The van der Waals surface area contributed by atoms with Gasteiger partial charge in [-0.1, -0.05) is 0 Å². The first kappa shape index (κ1) is 17.3. The maximum absolute atomic E-state index is 11.9. The quantitative estimate of drug-likeness (QED) is 0.791. The van der Waals surface area contributed by atoms with Crippen LogP contribution in [0.5, 0.6) is 17.2 Å². The van der Waals surface area contributed by atoms with Crippen LogP contribution < -0.4 is 19.5 Å². The number of rotatable bonds is 7. The van der Waals surface area contributed by atoms with E-state index in [4.69, 9.17) is 14.2 Å². The molecule has 6 heteroatoms. The second-order valence-corrected chi connectivity index (χ2v) is 4.87. The van der Waals surface area contributed by atoms with Gasteiger partial charge in [-0.05, 0) is 41.5 Å². The monoisotopic (exact) mass is 328 g/mol. The summed E-state index contributed by atoms with van der Waals surface area (Å²) >= 11 is 0. The lowest BCUT2D eigenvalue weighted by molar-refractivity contribution is -0.116. The molecule has 1 N–H and O–H groups in total. The Hall–Kier alpha value is -3.02. The molecular weight excluding hydrogens is 308 g/mol. The number of methoxy groups -OCH3 is 3. The highest BCUT2D eigenvalue weighted by Crippen LogP contribution is 2.38. The first-order valence-electron chi connectivity index (χ1n) is 7.32. The largest absolute Gasteiger partial charge is 0.493 e. The minimum Gasteiger partial charge on any atom is -0.493 e. The van der Waals surface area contributed by atoms with Crippen molar-refractivity contribution < 1.29 is 19.0 Å². The molecule has 1 heterocycles. The van der Waals surface area contributed by atoms with Gasteiger partial charge in [-0.2, -0.15) is 0 Å². The number of nitrogens with one attached hydrogen (secondary N) is 1. The molecular formula is C18H20N2O4. The SMILES string of the molecule is COc1cc(CNC(=O)/C=C/c2ccncc2)cc(OC)c1OC. The highest BCUT2D eigenvalue weighted by atomic mass is 16.5. The van der Waals surface area contributed by atoms with Gasteiger partial charge in [-0.3, -0.25) is 9.78 Å². The van der Waals surface area contributed by atoms with Gasteiger partial charge < -0.3 is 19.5 Å². The summed E-state index contributed by atoms with van der Waals surface area (Å²) < 4.78 is 15.9. The van der Waals surface area contributed by atoms with E-state index >= 15 is 0 Å². The zero-order valence-electron chi connectivity index (χ0n) is 13.9. The fourth-order valence-corrected chi connectivity index (χ4v) is 2.13. The average Bonchev–Trinajstić information content (AvgIpc) is 2.64. The van der Waals surface area contributed by atoms with E-state index in [1.165, 1.54) is 6.08 Å². The first-order chi connectivity index (χ1) is 11.7. The van der Waals surface area contributed by atoms with Crippen molar-refractivity contribution >= 4 is 12.0 Å². The van der Waals surface area contributed by atoms with Crippen LogP contribution in [0.15, 0.2) is 42.7 Å². The number of aromatic nitrogens is 1. The van der Waals surface area contributed by atoms with Gasteiger partial charge in [0.2, 0.25) is 11.7 Å². The molecule has 1 aromatic carbocycles. The van der Waals surface area contributed by atoms with Crippen LogP contribution in [0.4, 0.5) is 0 Å². The molecule has 0 spiro atoms. The lowest BCUT2D eigenvalue weighted by atomic mass is 10.1. The van der Waals surface area contributed by atoms with Crippen molar-refractivity contribution in [3.63, 3.8) is 0 Å². The van der Waals surface area contributed by atoms with Gasteiger partial charge in [0, 0.05) is 25.0 Å². The van der Waals surface area contributed by atoms with Crippen molar-refractivity contribution in [3.8, 4) is 17.2 Å². The van der Waals surface area contributed by atoms with Crippen molar-refractivity contribution in [1.82, 2.24) is 10.3 Å². The normalized spacial score (nSPS) is 10.5. The predicted octanol–water partition coefficient (Wildman–Crippen LogP) is 2.44. The van der Waals surface area contributed by atoms with Gasteiger partial charge in [0.05, 0.1) is 21.3 Å². The number of hydrogen-bond donors (Lipinski definition) is 1. The summed E-state index contributed by atoms with van der Waals surface area (Å²) in [6, 6.07) is 7.24. The Bertz CT molecular complexity index is 689. The van der Waals surface area contributed by atoms with Gasteiger partial charge in [0.25, 0.3) is 0 Å². The number of benzene rings is 1. The average molecular weight is 328 g/mol. The van der Waals surface area contributed by atoms with E-state index < -0.39 is 0 Å². The molecule has 1 aromatic heterocycles. The Morgan fingerprint density at radius 3 is 2.25 bits per heavy atom. The van der Waals surface area contributed by atoms with E-state index in [1.54, 1.807) is 51.9 Å². The second-order valence-electron chi connectivity index (χ2n) is 4.87. The van der Waals surface area contributed by atoms with E-state index in [2.05, 4.69) is 10.3 Å². The van der Waals surface area contributed by atoms with E-state index in [9.17, 15) is 4.79 Å². The van der Waals surface area contributed by atoms with Crippen LogP contribution in [0.2, 0.25) is 0 Å². The highest BCUT2D eigenvalue weighted by molar-refractivity contribution is 5.91. The van der Waals surface area contributed by atoms with E-state index in [0.717, 1.165) is 11.1 Å². The molecule has 0 aliphatic rings. The summed E-state index contributed by atoms with van der Waals surface area (Å²) in [6.45, 7) is 0.343. The van der Waals surface area contributed by atoms with Gasteiger partial charge >= 0.3 is 0 Å². The van der Waals surface area contributed by atoms with Gasteiger partial charge in [0.15, 0.2) is 11.5 Å². The topological polar surface area (TPSA) is 69.7 Å². The summed E-state index contributed by atoms with van der Waals surface area (Å²) in [4.78, 5) is 15.8. The molecule has 0 bridgehead atoms. The summed E-state index contributed by atoms with van der Waals surface area (Å²) in [6.07, 6.45) is 6.56. The fraction of sp³-hybridized carbons (Fsp3) is 0.222. The second kappa shape index (κ2) is 8.57. The number of carbonyl (C=O) groups is 1. The summed E-state index contributed by atoms with van der Waals surface area (Å²) in [5.41, 5.74) is 1.75. The van der Waals surface area contributed by atoms with Crippen LogP contribution in [0.25, 0.3) is 6.08 Å². The zero-order chi connectivity index (χ0) is 17.4. The zero-order valence-corrected chi connectivity index (χ0v) is 13.9. The van der Waals surface area contributed by atoms with Crippen molar-refractivity contribution in [3.05, 3.63) is 53.9 Å². The van der Waals surface area contributed by atoms with E-state index in [0.29, 0.717) is 23.8 Å². The Morgan fingerprint density at radius 1 is 1.08 bits per heavy atom. The van der Waals surface area contributed by atoms with Crippen molar-refractivity contribution in [1.29, 1.82) is 0 Å². The van der Waals surface area contributed by atoms with E-state index in [-0.39, 0.29) is 5.91 Å². The number of carbonyl (C=O) groups excluding carboxylic acids is 1. The fourth-order valence-electron chi connectivity index (χ4n) is 2.13. The number of amides is 1. The Labute approximate surface area is 141 Å². The molecule has 0 radical (unpaired) electrons. The molecule has 6 nitrogen and oxygen atoms in total. The number of hydrogen-bond acceptors (Lipinski definition) is 5. The summed E-state index contributed by atoms with van der Waals surface area (Å²) in [7, 11) is 4.65. The minimum absolute atomic E-state index is 0.194. The molecule has 0 fully saturated rings. The van der Waals surface area contributed by atoms with Gasteiger partial charge in [0.1, 0.15) is 0 Å². The van der Waals surface area contributed by atoms with Crippen LogP contribution in [-0.2, 0) is 11.3 Å². The number of nitrogens with zero attached hydrogens (tertiary/aromatic N) is 1. The third kappa shape index (κ3) is 4.49. The van der Waals surface area contributed by atoms with Crippen molar-refractivity contribution in [2.24, 2.45) is 0 Å². The van der Waals surface area contributed by atoms with Crippen LogP contribution in [0, 0.1) is 0 Å². The molecule has 2 aromatic rings. The van der Waals surface area contributed by atoms with Crippen molar-refractivity contribution in [2.75, 3.05) is 21.3 Å². The third-order valence-corrected chi connectivity index (χ3v) is 3.32. The molecule has 0 aliphatic carbocycles. The molecule has 126 valence electrons. The molecule has 0 aliphatic heterocycles. The van der Waals surface area contributed by atoms with Crippen LogP contribution in [-0.4, -0.2) is 32.2 Å². The van der Waals surface area contributed by atoms with Gasteiger partial charge in [-0.15, -0.1) is 0 Å². The third-order valence-electron chi connectivity index (χ3n) is 3.32. The van der Waals surface area contributed by atoms with Crippen LogP contribution in [0.3, 0.4) is 0 Å². The maximum Gasteiger partial charge on any atom is 0.244 e. The van der Waals surface area contributed by atoms with Gasteiger partial charge in [-0.25, -0.2) is 0 Å². The lowest BCUT2D eigenvalue weighted by Crippen LogP contribution is -2.20. The molecule has 24 heavy (non-hydrogen) atoms. The lowest BCUT2D eigenvalue weighted by Gasteiger charge is -2.14. The Kier molecular flexibility index (Phi) is 6.19. The van der Waals surface area contributed by atoms with Crippen molar-refractivity contribution in [2.45, 2.75) is 6.54 Å². The molecule has 0 saturated carbocycles. The number of pyridine rings is 1. The van der Waals surface area contributed by atoms with Crippen LogP contribution in [0.1, 0.15) is 11.1 Å². The molecule has 0 unspecified atom stereocenters. The molecule has 2 rings (SSSR count). The van der Waals surface area contributed by atoms with E-state index in [1.807, 2.05) is 12.1 Å². The molecule has 0 atom stereocenters. The standard InChI is InChI=1S/C18H20N2O4/c1-22-15-10-14(11-16(23-2)18(15)24-3)12-20-17(21)5-4-13-6-8-19-9-7-13/h4-11H,12H2,1-3H3,(H,20,21)/b5-4+. The summed E-state index contributed by atoms with van der Waals surface area (Å²) in [5.74, 6) is 1.43. The maximum atomic E-state index is 11.9. The van der Waals surface area contributed by atoms with Crippen LogP contribution >= 0.6 is 0 Å². The Morgan fingerprint density at radius 2 is 1.71 bits per heavy atom. The molecule has 0 saturated heterocycles. The predicted molar refractivity (Wildman–Crippen MR) is 91.2 cm³/mol. The highest BCUT2D eigenvalue weighted by Gasteiger charge is 2.13. The number of ether oxygens (including phenoxy) is 3. The Balaban J connectivity index is 2.03. The minimum atomic E-state index is -0.194.